The van der Waals surface area contributed by atoms with Gasteiger partial charge in [0.05, 0.1) is 13.8 Å². The molecule has 3 heterocycles. The smallest absolute Gasteiger partial charge is 0.326 e. The maximum atomic E-state index is 13.3. The van der Waals surface area contributed by atoms with Crippen LogP contribution in [0, 0.1) is 0 Å². The van der Waals surface area contributed by atoms with Crippen LogP contribution in [0.2, 0.25) is 0 Å². The van der Waals surface area contributed by atoms with Crippen LogP contribution in [-0.2, 0) is 16.9 Å². The fraction of sp³-hybridized carbons (Fsp3) is 0.455. The Morgan fingerprint density at radius 2 is 1.77 bits per heavy atom. The van der Waals surface area contributed by atoms with E-state index in [0.29, 0.717) is 13.1 Å². The summed E-state index contributed by atoms with van der Waals surface area (Å²) in [4.78, 5) is 33.4. The Labute approximate surface area is 181 Å². The molecule has 4 rings (SSSR count). The van der Waals surface area contributed by atoms with Crippen LogP contribution in [0.15, 0.2) is 41.8 Å². The quantitative estimate of drug-likeness (QED) is 0.687. The fourth-order valence-corrected chi connectivity index (χ4v) is 4.93. The van der Waals surface area contributed by atoms with Gasteiger partial charge in [-0.2, -0.15) is 0 Å². The fourth-order valence-electron chi connectivity index (χ4n) is 4.18. The predicted octanol–water partition coefficient (Wildman–Crippen LogP) is 2.69. The Bertz CT molecular complexity index is 878. The van der Waals surface area contributed by atoms with Gasteiger partial charge >= 0.3 is 6.03 Å². The van der Waals surface area contributed by atoms with Crippen LogP contribution in [0.1, 0.15) is 23.8 Å². The molecule has 3 amide bonds. The van der Waals surface area contributed by atoms with Gasteiger partial charge in [0.25, 0.3) is 5.91 Å². The van der Waals surface area contributed by atoms with Crippen molar-refractivity contribution in [3.63, 3.8) is 0 Å². The van der Waals surface area contributed by atoms with Crippen molar-refractivity contribution in [2.45, 2.75) is 25.4 Å². The van der Waals surface area contributed by atoms with E-state index in [4.69, 9.17) is 4.74 Å². The molecule has 1 N–H and O–H groups in total. The highest BCUT2D eigenvalue weighted by molar-refractivity contribution is 7.09. The molecule has 1 atom stereocenters. The van der Waals surface area contributed by atoms with E-state index < -0.39 is 5.54 Å². The average Bonchev–Trinajstić information content (AvgIpc) is 3.37. The molecular formula is C22H28N4O3S. The number of amides is 3. The maximum Gasteiger partial charge on any atom is 0.326 e. The largest absolute Gasteiger partial charge is 0.497 e. The number of imide groups is 1. The summed E-state index contributed by atoms with van der Waals surface area (Å²) < 4.78 is 5.22. The Hall–Kier alpha value is -2.42. The number of carbonyl (C=O) groups excluding carboxylic acids is 2. The van der Waals surface area contributed by atoms with Crippen molar-refractivity contribution >= 4 is 23.3 Å². The molecular weight excluding hydrogens is 400 g/mol. The number of methoxy groups -OCH3 is 1. The Morgan fingerprint density at radius 1 is 1.07 bits per heavy atom. The van der Waals surface area contributed by atoms with Gasteiger partial charge in [-0.15, -0.1) is 11.3 Å². The SMILES string of the molecule is CCC1(c2ccc(OC)cc2)NC(=O)N(CN2CCN(Cc3cccs3)CC2)C1=O. The summed E-state index contributed by atoms with van der Waals surface area (Å²) in [5.41, 5.74) is -0.225. The molecule has 2 aliphatic heterocycles. The van der Waals surface area contributed by atoms with Crippen molar-refractivity contribution in [1.29, 1.82) is 0 Å². The van der Waals surface area contributed by atoms with Gasteiger partial charge in [0.1, 0.15) is 11.3 Å². The summed E-state index contributed by atoms with van der Waals surface area (Å²) in [5, 5.41) is 5.06. The molecule has 1 aromatic carbocycles. The molecule has 160 valence electrons. The Balaban J connectivity index is 1.40. The number of hydrogen-bond donors (Lipinski definition) is 1. The molecule has 8 heteroatoms. The van der Waals surface area contributed by atoms with Gasteiger partial charge in [0, 0.05) is 37.6 Å². The molecule has 2 aromatic rings. The topological polar surface area (TPSA) is 65.1 Å². The summed E-state index contributed by atoms with van der Waals surface area (Å²) >= 11 is 1.78. The Kier molecular flexibility index (Phi) is 6.08. The molecule has 1 unspecified atom stereocenters. The highest BCUT2D eigenvalue weighted by atomic mass is 32.1. The first kappa shape index (κ1) is 20.8. The molecule has 0 bridgehead atoms. The van der Waals surface area contributed by atoms with Crippen LogP contribution in [0.4, 0.5) is 4.79 Å². The van der Waals surface area contributed by atoms with Gasteiger partial charge in [-0.3, -0.25) is 14.6 Å². The minimum Gasteiger partial charge on any atom is -0.497 e. The highest BCUT2D eigenvalue weighted by Crippen LogP contribution is 2.33. The second-order valence-corrected chi connectivity index (χ2v) is 8.80. The number of rotatable bonds is 7. The molecule has 30 heavy (non-hydrogen) atoms. The number of ether oxygens (including phenoxy) is 1. The summed E-state index contributed by atoms with van der Waals surface area (Å²) in [6.45, 7) is 6.75. The molecule has 0 radical (unpaired) electrons. The zero-order chi connectivity index (χ0) is 21.1. The number of nitrogens with zero attached hydrogens (tertiary/aromatic N) is 3. The van der Waals surface area contributed by atoms with Crippen LogP contribution in [0.5, 0.6) is 5.75 Å². The van der Waals surface area contributed by atoms with Crippen molar-refractivity contribution in [2.75, 3.05) is 40.0 Å². The summed E-state index contributed by atoms with van der Waals surface area (Å²) in [6, 6.07) is 11.3. The molecule has 0 saturated carbocycles. The number of urea groups is 1. The van der Waals surface area contributed by atoms with E-state index in [2.05, 4.69) is 32.6 Å². The number of carbonyl (C=O) groups is 2. The van der Waals surface area contributed by atoms with E-state index in [9.17, 15) is 9.59 Å². The van der Waals surface area contributed by atoms with Gasteiger partial charge in [-0.1, -0.05) is 25.1 Å². The van der Waals surface area contributed by atoms with E-state index in [0.717, 1.165) is 44.0 Å². The molecule has 2 saturated heterocycles. The van der Waals surface area contributed by atoms with Gasteiger partial charge in [0.2, 0.25) is 0 Å². The molecule has 2 aliphatic rings. The minimum absolute atomic E-state index is 0.179. The van der Waals surface area contributed by atoms with Gasteiger partial charge in [-0.05, 0) is 35.6 Å². The van der Waals surface area contributed by atoms with Gasteiger partial charge in [-0.25, -0.2) is 9.69 Å². The first-order chi connectivity index (χ1) is 14.6. The lowest BCUT2D eigenvalue weighted by atomic mass is 9.87. The maximum absolute atomic E-state index is 13.3. The third-order valence-corrected chi connectivity index (χ3v) is 6.92. The van der Waals surface area contributed by atoms with E-state index in [1.165, 1.54) is 9.78 Å². The van der Waals surface area contributed by atoms with Crippen molar-refractivity contribution in [1.82, 2.24) is 20.0 Å². The summed E-state index contributed by atoms with van der Waals surface area (Å²) in [7, 11) is 1.61. The monoisotopic (exact) mass is 428 g/mol. The molecule has 0 aliphatic carbocycles. The van der Waals surface area contributed by atoms with Crippen LogP contribution in [0.3, 0.4) is 0 Å². The second-order valence-electron chi connectivity index (χ2n) is 7.77. The van der Waals surface area contributed by atoms with Crippen molar-refractivity contribution in [3.05, 3.63) is 52.2 Å². The molecule has 2 fully saturated rings. The third-order valence-electron chi connectivity index (χ3n) is 6.05. The van der Waals surface area contributed by atoms with Crippen LogP contribution < -0.4 is 10.1 Å². The third kappa shape index (κ3) is 3.95. The van der Waals surface area contributed by atoms with E-state index in [1.54, 1.807) is 18.4 Å². The highest BCUT2D eigenvalue weighted by Gasteiger charge is 2.51. The van der Waals surface area contributed by atoms with E-state index >= 15 is 0 Å². The van der Waals surface area contributed by atoms with E-state index in [1.807, 2.05) is 31.2 Å². The van der Waals surface area contributed by atoms with Gasteiger partial charge < -0.3 is 10.1 Å². The first-order valence-electron chi connectivity index (χ1n) is 10.3. The number of thiophene rings is 1. The van der Waals surface area contributed by atoms with Crippen LogP contribution >= 0.6 is 11.3 Å². The summed E-state index contributed by atoms with van der Waals surface area (Å²) in [5.74, 6) is 0.542. The zero-order valence-corrected chi connectivity index (χ0v) is 18.3. The molecule has 1 aromatic heterocycles. The minimum atomic E-state index is -1.01. The second kappa shape index (κ2) is 8.75. The summed E-state index contributed by atoms with van der Waals surface area (Å²) in [6.07, 6.45) is 0.495. The lowest BCUT2D eigenvalue weighted by Crippen LogP contribution is -2.51. The van der Waals surface area contributed by atoms with Crippen LogP contribution in [-0.4, -0.2) is 66.6 Å². The van der Waals surface area contributed by atoms with Crippen LogP contribution in [0.25, 0.3) is 0 Å². The standard InChI is InChI=1S/C22H28N4O3S/c1-3-22(17-6-8-18(29-2)9-7-17)20(27)26(21(28)23-22)16-25-12-10-24(11-13-25)15-19-5-4-14-30-19/h4-9,14H,3,10-13,15-16H2,1-2H3,(H,23,28). The average molecular weight is 429 g/mol. The predicted molar refractivity (Wildman–Crippen MR) is 116 cm³/mol. The lowest BCUT2D eigenvalue weighted by Gasteiger charge is -2.36. The normalized spacial score (nSPS) is 23.1. The first-order valence-corrected chi connectivity index (χ1v) is 11.2. The van der Waals surface area contributed by atoms with Crippen molar-refractivity contribution in [3.8, 4) is 5.75 Å². The molecule has 7 nitrogen and oxygen atoms in total. The Morgan fingerprint density at radius 3 is 2.37 bits per heavy atom. The molecule has 0 spiro atoms. The number of nitrogens with one attached hydrogen (secondary N) is 1. The lowest BCUT2D eigenvalue weighted by molar-refractivity contribution is -0.133. The number of benzene rings is 1. The van der Waals surface area contributed by atoms with Crippen molar-refractivity contribution in [2.24, 2.45) is 0 Å². The zero-order valence-electron chi connectivity index (χ0n) is 17.5. The van der Waals surface area contributed by atoms with Gasteiger partial charge in [0.15, 0.2) is 0 Å². The number of hydrogen-bond acceptors (Lipinski definition) is 6. The number of piperazine rings is 1. The van der Waals surface area contributed by atoms with Crippen molar-refractivity contribution < 1.29 is 14.3 Å². The van der Waals surface area contributed by atoms with E-state index in [-0.39, 0.29) is 11.9 Å².